The predicted octanol–water partition coefficient (Wildman–Crippen LogP) is 3.69. The standard InChI is InChI=1S/C19H11Cl2N3O4S/c20-10-5-3-6-11(15(10)21)22-19-23-17(27)16(29-19)14-9-4-1-2-7-12(9)24(18(14)28)8-13(25)26/h1-7H,8H2,(H,25,26)(H,22,23,27). The Morgan fingerprint density at radius 2 is 1.90 bits per heavy atom. The van der Waals surface area contributed by atoms with E-state index in [9.17, 15) is 14.4 Å². The number of rotatable bonds is 3. The topological polar surface area (TPSA) is 99.1 Å². The van der Waals surface area contributed by atoms with E-state index >= 15 is 0 Å². The van der Waals surface area contributed by atoms with E-state index in [0.29, 0.717) is 22.0 Å². The van der Waals surface area contributed by atoms with Gasteiger partial charge in [0.05, 0.1) is 31.9 Å². The molecule has 0 radical (unpaired) electrons. The molecule has 1 saturated heterocycles. The van der Waals surface area contributed by atoms with Crippen LogP contribution in [0, 0.1) is 0 Å². The summed E-state index contributed by atoms with van der Waals surface area (Å²) < 4.78 is 0. The molecule has 0 unspecified atom stereocenters. The average molecular weight is 448 g/mol. The first-order chi connectivity index (χ1) is 13.9. The summed E-state index contributed by atoms with van der Waals surface area (Å²) in [6.45, 7) is -0.502. The Morgan fingerprint density at radius 3 is 2.66 bits per heavy atom. The lowest BCUT2D eigenvalue weighted by molar-refractivity contribution is -0.136. The molecule has 2 amide bonds. The number of nitrogens with one attached hydrogen (secondary N) is 1. The first-order valence-corrected chi connectivity index (χ1v) is 9.83. The van der Waals surface area contributed by atoms with E-state index in [1.54, 1.807) is 42.5 Å². The third kappa shape index (κ3) is 3.50. The maximum absolute atomic E-state index is 12.9. The van der Waals surface area contributed by atoms with Crippen molar-refractivity contribution in [3.63, 3.8) is 0 Å². The second kappa shape index (κ2) is 7.55. The van der Waals surface area contributed by atoms with Crippen LogP contribution in [0.5, 0.6) is 0 Å². The Bertz CT molecular complexity index is 1150. The number of benzene rings is 2. The highest BCUT2D eigenvalue weighted by Gasteiger charge is 2.39. The fourth-order valence-corrected chi connectivity index (χ4v) is 4.28. The van der Waals surface area contributed by atoms with Gasteiger partial charge < -0.3 is 10.4 Å². The third-order valence-corrected chi connectivity index (χ3v) is 6.01. The zero-order valence-corrected chi connectivity index (χ0v) is 16.8. The Hall–Kier alpha value is -2.81. The van der Waals surface area contributed by atoms with E-state index < -0.39 is 24.3 Å². The van der Waals surface area contributed by atoms with Gasteiger partial charge in [-0.1, -0.05) is 47.5 Å². The van der Waals surface area contributed by atoms with Crippen LogP contribution in [0.1, 0.15) is 5.56 Å². The van der Waals surface area contributed by atoms with E-state index in [0.717, 1.165) is 16.7 Å². The number of aliphatic imine (C=N–C) groups is 1. The molecule has 0 atom stereocenters. The quantitative estimate of drug-likeness (QED) is 0.698. The van der Waals surface area contributed by atoms with Crippen molar-refractivity contribution >= 4 is 74.9 Å². The lowest BCUT2D eigenvalue weighted by Crippen LogP contribution is -2.32. The minimum absolute atomic E-state index is 0.145. The summed E-state index contributed by atoms with van der Waals surface area (Å²) in [5.74, 6) is -2.20. The number of carbonyl (C=O) groups excluding carboxylic acids is 2. The van der Waals surface area contributed by atoms with E-state index in [-0.39, 0.29) is 20.7 Å². The van der Waals surface area contributed by atoms with Crippen LogP contribution in [0.4, 0.5) is 11.4 Å². The molecule has 4 rings (SSSR count). The van der Waals surface area contributed by atoms with Crippen LogP contribution in [0.15, 0.2) is 52.4 Å². The zero-order valence-electron chi connectivity index (χ0n) is 14.5. The van der Waals surface area contributed by atoms with Gasteiger partial charge in [-0.15, -0.1) is 0 Å². The number of halogens is 2. The average Bonchev–Trinajstić information content (AvgIpc) is 3.16. The number of anilines is 1. The molecule has 0 saturated carbocycles. The molecule has 2 aliphatic heterocycles. The number of carbonyl (C=O) groups is 3. The SMILES string of the molecule is O=C(O)CN1C(=O)C(=C2SC(=Nc3cccc(Cl)c3Cl)NC2=O)c2ccccc21. The summed E-state index contributed by atoms with van der Waals surface area (Å²) in [5.41, 5.74) is 1.46. The first kappa shape index (κ1) is 19.5. The van der Waals surface area contributed by atoms with E-state index in [1.807, 2.05) is 0 Å². The number of thioether (sulfide) groups is 1. The minimum Gasteiger partial charge on any atom is -0.480 e. The van der Waals surface area contributed by atoms with Crippen LogP contribution in [-0.4, -0.2) is 34.6 Å². The molecule has 146 valence electrons. The Kier molecular flexibility index (Phi) is 5.08. The van der Waals surface area contributed by atoms with Crippen molar-refractivity contribution in [2.45, 2.75) is 0 Å². The maximum Gasteiger partial charge on any atom is 0.323 e. The summed E-state index contributed by atoms with van der Waals surface area (Å²) in [6.07, 6.45) is 0. The van der Waals surface area contributed by atoms with Crippen LogP contribution in [0.3, 0.4) is 0 Å². The largest absolute Gasteiger partial charge is 0.480 e. The van der Waals surface area contributed by atoms with Gasteiger partial charge in [-0.25, -0.2) is 4.99 Å². The van der Waals surface area contributed by atoms with Crippen LogP contribution in [-0.2, 0) is 14.4 Å². The number of carboxylic acids is 1. The summed E-state index contributed by atoms with van der Waals surface area (Å²) in [6, 6.07) is 11.7. The molecule has 29 heavy (non-hydrogen) atoms. The fraction of sp³-hybridized carbons (Fsp3) is 0.0526. The van der Waals surface area contributed by atoms with Crippen LogP contribution in [0.25, 0.3) is 5.57 Å². The van der Waals surface area contributed by atoms with Crippen molar-refractivity contribution in [3.05, 3.63) is 63.0 Å². The molecule has 10 heteroatoms. The van der Waals surface area contributed by atoms with E-state index in [2.05, 4.69) is 10.3 Å². The van der Waals surface area contributed by atoms with Crippen LogP contribution in [0.2, 0.25) is 10.0 Å². The highest BCUT2D eigenvalue weighted by atomic mass is 35.5. The lowest BCUT2D eigenvalue weighted by Gasteiger charge is -2.13. The van der Waals surface area contributed by atoms with Gasteiger partial charge in [0.2, 0.25) is 0 Å². The molecular weight excluding hydrogens is 437 g/mol. The maximum atomic E-state index is 12.9. The normalized spacial score (nSPS) is 19.7. The summed E-state index contributed by atoms with van der Waals surface area (Å²) >= 11 is 13.1. The van der Waals surface area contributed by atoms with Gasteiger partial charge in [0.1, 0.15) is 6.54 Å². The smallest absolute Gasteiger partial charge is 0.323 e. The van der Waals surface area contributed by atoms with Crippen molar-refractivity contribution in [3.8, 4) is 0 Å². The highest BCUT2D eigenvalue weighted by molar-refractivity contribution is 8.18. The van der Waals surface area contributed by atoms with Crippen LogP contribution >= 0.6 is 35.0 Å². The van der Waals surface area contributed by atoms with E-state index in [1.165, 1.54) is 0 Å². The zero-order chi connectivity index (χ0) is 20.7. The monoisotopic (exact) mass is 447 g/mol. The number of fused-ring (bicyclic) bond motifs is 1. The van der Waals surface area contributed by atoms with E-state index in [4.69, 9.17) is 28.3 Å². The number of para-hydroxylation sites is 1. The van der Waals surface area contributed by atoms with Crippen molar-refractivity contribution in [1.29, 1.82) is 0 Å². The second-order valence-corrected chi connectivity index (χ2v) is 7.84. The molecule has 2 aromatic carbocycles. The summed E-state index contributed by atoms with van der Waals surface area (Å²) in [5, 5.41) is 12.6. The molecular formula is C19H11Cl2N3O4S. The molecule has 2 N–H and O–H groups in total. The summed E-state index contributed by atoms with van der Waals surface area (Å²) in [4.78, 5) is 42.3. The number of aliphatic carboxylic acids is 1. The molecule has 0 aromatic heterocycles. The number of nitrogens with zero attached hydrogens (tertiary/aromatic N) is 2. The van der Waals surface area contributed by atoms with Crippen LogP contribution < -0.4 is 10.2 Å². The number of amides is 2. The number of amidine groups is 1. The van der Waals surface area contributed by atoms with Crippen molar-refractivity contribution in [2.75, 3.05) is 11.4 Å². The van der Waals surface area contributed by atoms with Gasteiger partial charge in [-0.05, 0) is 30.0 Å². The predicted molar refractivity (Wildman–Crippen MR) is 113 cm³/mol. The number of hydrogen-bond donors (Lipinski definition) is 2. The highest BCUT2D eigenvalue weighted by Crippen LogP contribution is 2.43. The summed E-state index contributed by atoms with van der Waals surface area (Å²) in [7, 11) is 0. The number of hydrogen-bond acceptors (Lipinski definition) is 5. The molecule has 2 aromatic rings. The second-order valence-electron chi connectivity index (χ2n) is 6.05. The minimum atomic E-state index is -1.15. The first-order valence-electron chi connectivity index (χ1n) is 8.26. The molecule has 7 nitrogen and oxygen atoms in total. The Morgan fingerprint density at radius 1 is 1.14 bits per heavy atom. The van der Waals surface area contributed by atoms with Gasteiger partial charge in [0, 0.05) is 5.56 Å². The van der Waals surface area contributed by atoms with Gasteiger partial charge in [-0.3, -0.25) is 19.3 Å². The molecule has 1 fully saturated rings. The van der Waals surface area contributed by atoms with Gasteiger partial charge in [0.15, 0.2) is 5.17 Å². The third-order valence-electron chi connectivity index (χ3n) is 4.22. The fourth-order valence-electron chi connectivity index (χ4n) is 3.02. The van der Waals surface area contributed by atoms with Crippen molar-refractivity contribution < 1.29 is 19.5 Å². The van der Waals surface area contributed by atoms with Crippen molar-refractivity contribution in [1.82, 2.24) is 5.32 Å². The van der Waals surface area contributed by atoms with Gasteiger partial charge >= 0.3 is 5.97 Å². The molecule has 2 aliphatic rings. The Balaban J connectivity index is 1.77. The van der Waals surface area contributed by atoms with Gasteiger partial charge in [0.25, 0.3) is 11.8 Å². The lowest BCUT2D eigenvalue weighted by atomic mass is 10.1. The molecule has 2 heterocycles. The molecule has 0 aliphatic carbocycles. The Labute approximate surface area is 179 Å². The number of carboxylic acid groups (broad SMARTS) is 1. The molecule has 0 bridgehead atoms. The van der Waals surface area contributed by atoms with Crippen molar-refractivity contribution in [2.24, 2.45) is 4.99 Å². The van der Waals surface area contributed by atoms with Gasteiger partial charge in [-0.2, -0.15) is 0 Å². The molecule has 0 spiro atoms.